The number of hydrogen-bond acceptors (Lipinski definition) is 3. The Hall–Kier alpha value is -1.29. The molecule has 172 valence electrons. The number of hydrogen-bond donors (Lipinski definition) is 2. The molecular weight excluding hydrogens is 400 g/mol. The van der Waals surface area contributed by atoms with Gasteiger partial charge in [-0.2, -0.15) is 11.8 Å². The standard InChI is InChI=1S/C28H42O2S/c1-27(17-9-21-29,25-13-5-3-6-14-25)19-11-23-31-24-12-20-28(2,18-10-22-30)26-15-7-4-8-16-26/h3-8,13-16,29-30H,9-12,17-24H2,1-2H3. The van der Waals surface area contributed by atoms with E-state index in [0.29, 0.717) is 0 Å². The van der Waals surface area contributed by atoms with Crippen LogP contribution in [0.3, 0.4) is 0 Å². The van der Waals surface area contributed by atoms with Gasteiger partial charge in [-0.15, -0.1) is 0 Å². The predicted octanol–water partition coefficient (Wildman–Crippen LogP) is 6.74. The smallest absolute Gasteiger partial charge is 0.0431 e. The molecule has 0 amide bonds. The highest BCUT2D eigenvalue weighted by Gasteiger charge is 2.26. The van der Waals surface area contributed by atoms with E-state index in [9.17, 15) is 10.2 Å². The molecule has 0 fully saturated rings. The van der Waals surface area contributed by atoms with Crippen molar-refractivity contribution in [2.45, 2.75) is 76.0 Å². The van der Waals surface area contributed by atoms with Gasteiger partial charge >= 0.3 is 0 Å². The predicted molar refractivity (Wildman–Crippen MR) is 136 cm³/mol. The van der Waals surface area contributed by atoms with Crippen molar-refractivity contribution in [3.63, 3.8) is 0 Å². The van der Waals surface area contributed by atoms with Crippen molar-refractivity contribution in [3.05, 3.63) is 71.8 Å². The maximum Gasteiger partial charge on any atom is 0.0431 e. The maximum absolute atomic E-state index is 9.33. The first-order valence-electron chi connectivity index (χ1n) is 11.9. The Kier molecular flexibility index (Phi) is 11.7. The average Bonchev–Trinajstić information content (AvgIpc) is 2.82. The van der Waals surface area contributed by atoms with Crippen molar-refractivity contribution >= 4 is 11.8 Å². The summed E-state index contributed by atoms with van der Waals surface area (Å²) in [6.07, 6.45) is 8.57. The molecule has 0 spiro atoms. The lowest BCUT2D eigenvalue weighted by Crippen LogP contribution is -2.23. The van der Waals surface area contributed by atoms with Gasteiger partial charge < -0.3 is 10.2 Å². The summed E-state index contributed by atoms with van der Waals surface area (Å²) in [5.74, 6) is 2.39. The molecule has 2 aromatic carbocycles. The molecule has 2 atom stereocenters. The highest BCUT2D eigenvalue weighted by molar-refractivity contribution is 7.99. The minimum absolute atomic E-state index is 0.153. The Morgan fingerprint density at radius 3 is 1.29 bits per heavy atom. The molecule has 2 unspecified atom stereocenters. The second-order valence-corrected chi connectivity index (χ2v) is 10.6. The fourth-order valence-corrected chi connectivity index (χ4v) is 5.58. The van der Waals surface area contributed by atoms with Crippen LogP contribution in [0.2, 0.25) is 0 Å². The van der Waals surface area contributed by atoms with Gasteiger partial charge in [0.05, 0.1) is 0 Å². The van der Waals surface area contributed by atoms with Crippen molar-refractivity contribution < 1.29 is 10.2 Å². The topological polar surface area (TPSA) is 40.5 Å². The molecule has 2 nitrogen and oxygen atoms in total. The first-order chi connectivity index (χ1) is 15.0. The highest BCUT2D eigenvalue weighted by Crippen LogP contribution is 2.36. The molecular formula is C28H42O2S. The Morgan fingerprint density at radius 1 is 0.581 bits per heavy atom. The third-order valence-electron chi connectivity index (χ3n) is 6.75. The minimum Gasteiger partial charge on any atom is -0.396 e. The summed E-state index contributed by atoms with van der Waals surface area (Å²) >= 11 is 2.07. The Bertz CT molecular complexity index is 644. The molecule has 0 radical (unpaired) electrons. The summed E-state index contributed by atoms with van der Waals surface area (Å²) in [5, 5.41) is 18.7. The number of thioether (sulfide) groups is 1. The van der Waals surface area contributed by atoms with Gasteiger partial charge in [0, 0.05) is 13.2 Å². The van der Waals surface area contributed by atoms with E-state index in [1.54, 1.807) is 0 Å². The molecule has 31 heavy (non-hydrogen) atoms. The summed E-state index contributed by atoms with van der Waals surface area (Å²) in [5.41, 5.74) is 3.11. The van der Waals surface area contributed by atoms with Crippen LogP contribution in [0.25, 0.3) is 0 Å². The summed E-state index contributed by atoms with van der Waals surface area (Å²) in [6, 6.07) is 21.6. The van der Waals surface area contributed by atoms with E-state index in [0.717, 1.165) is 25.7 Å². The number of rotatable bonds is 16. The van der Waals surface area contributed by atoms with E-state index in [-0.39, 0.29) is 24.0 Å². The van der Waals surface area contributed by atoms with Crippen LogP contribution < -0.4 is 0 Å². The number of aliphatic hydroxyl groups excluding tert-OH is 2. The quantitative estimate of drug-likeness (QED) is 0.283. The molecule has 2 N–H and O–H groups in total. The highest BCUT2D eigenvalue weighted by atomic mass is 32.2. The summed E-state index contributed by atoms with van der Waals surface area (Å²) in [4.78, 5) is 0. The fourth-order valence-electron chi connectivity index (χ4n) is 4.68. The van der Waals surface area contributed by atoms with Crippen LogP contribution in [0.5, 0.6) is 0 Å². The van der Waals surface area contributed by atoms with Crippen molar-refractivity contribution in [1.82, 2.24) is 0 Å². The normalized spacial score (nSPS) is 15.4. The molecule has 0 saturated heterocycles. The Balaban J connectivity index is 1.77. The first kappa shape index (κ1) is 26.0. The molecule has 2 aromatic rings. The third kappa shape index (κ3) is 8.63. The van der Waals surface area contributed by atoms with Gasteiger partial charge in [-0.3, -0.25) is 0 Å². The van der Waals surface area contributed by atoms with Crippen LogP contribution in [0, 0.1) is 0 Å². The largest absolute Gasteiger partial charge is 0.396 e. The van der Waals surface area contributed by atoms with Crippen LogP contribution in [-0.2, 0) is 10.8 Å². The second kappa shape index (κ2) is 14.0. The van der Waals surface area contributed by atoms with Gasteiger partial charge in [0.1, 0.15) is 0 Å². The van der Waals surface area contributed by atoms with E-state index in [1.165, 1.54) is 48.3 Å². The molecule has 0 heterocycles. The van der Waals surface area contributed by atoms with Crippen LogP contribution in [-0.4, -0.2) is 34.9 Å². The van der Waals surface area contributed by atoms with E-state index in [4.69, 9.17) is 0 Å². The van der Waals surface area contributed by atoms with Gasteiger partial charge in [-0.05, 0) is 84.8 Å². The molecule has 0 aliphatic heterocycles. The average molecular weight is 443 g/mol. The molecule has 0 aliphatic rings. The van der Waals surface area contributed by atoms with E-state index in [1.807, 2.05) is 0 Å². The third-order valence-corrected chi connectivity index (χ3v) is 7.90. The fraction of sp³-hybridized carbons (Fsp3) is 0.571. The lowest BCUT2D eigenvalue weighted by Gasteiger charge is -2.31. The van der Waals surface area contributed by atoms with Gasteiger partial charge in [0.2, 0.25) is 0 Å². The molecule has 0 saturated carbocycles. The van der Waals surface area contributed by atoms with Crippen LogP contribution >= 0.6 is 11.8 Å². The van der Waals surface area contributed by atoms with Gasteiger partial charge in [0.15, 0.2) is 0 Å². The SMILES string of the molecule is CC(CCCO)(CCCSCCCC(C)(CCCO)c1ccccc1)c1ccccc1. The molecule has 2 rings (SSSR count). The van der Waals surface area contributed by atoms with E-state index >= 15 is 0 Å². The molecule has 0 bridgehead atoms. The van der Waals surface area contributed by atoms with Gasteiger partial charge in [0.25, 0.3) is 0 Å². The summed E-state index contributed by atoms with van der Waals surface area (Å²) in [6.45, 7) is 5.26. The summed E-state index contributed by atoms with van der Waals surface area (Å²) in [7, 11) is 0. The van der Waals surface area contributed by atoms with Gasteiger partial charge in [-0.1, -0.05) is 74.5 Å². The first-order valence-corrected chi connectivity index (χ1v) is 13.1. The zero-order valence-electron chi connectivity index (χ0n) is 19.6. The summed E-state index contributed by atoms with van der Waals surface area (Å²) < 4.78 is 0. The number of aliphatic hydroxyl groups is 2. The van der Waals surface area contributed by atoms with Crippen molar-refractivity contribution in [1.29, 1.82) is 0 Å². The molecule has 0 aliphatic carbocycles. The lowest BCUT2D eigenvalue weighted by atomic mass is 9.75. The maximum atomic E-state index is 9.33. The zero-order chi connectivity index (χ0) is 22.4. The second-order valence-electron chi connectivity index (χ2n) is 9.33. The van der Waals surface area contributed by atoms with Crippen molar-refractivity contribution in [3.8, 4) is 0 Å². The van der Waals surface area contributed by atoms with E-state index in [2.05, 4.69) is 86.3 Å². The Morgan fingerprint density at radius 2 is 0.935 bits per heavy atom. The lowest BCUT2D eigenvalue weighted by molar-refractivity contribution is 0.259. The Labute approximate surface area is 194 Å². The van der Waals surface area contributed by atoms with Crippen molar-refractivity contribution in [2.75, 3.05) is 24.7 Å². The minimum atomic E-state index is 0.153. The van der Waals surface area contributed by atoms with Gasteiger partial charge in [-0.25, -0.2) is 0 Å². The monoisotopic (exact) mass is 442 g/mol. The van der Waals surface area contributed by atoms with Crippen LogP contribution in [0.1, 0.15) is 76.3 Å². The van der Waals surface area contributed by atoms with Crippen molar-refractivity contribution in [2.24, 2.45) is 0 Å². The van der Waals surface area contributed by atoms with Crippen LogP contribution in [0.15, 0.2) is 60.7 Å². The molecule has 3 heteroatoms. The van der Waals surface area contributed by atoms with E-state index < -0.39 is 0 Å². The molecule has 0 aromatic heterocycles. The number of benzene rings is 2. The zero-order valence-corrected chi connectivity index (χ0v) is 20.4. The van der Waals surface area contributed by atoms with Crippen LogP contribution in [0.4, 0.5) is 0 Å².